The number of hydrogen-bond acceptors (Lipinski definition) is 5. The maximum atomic E-state index is 13.4. The molecule has 0 saturated heterocycles. The number of halogens is 3. The molecule has 27 heavy (non-hydrogen) atoms. The Balaban J connectivity index is 1.83. The van der Waals surface area contributed by atoms with Crippen molar-refractivity contribution in [3.05, 3.63) is 65.3 Å². The van der Waals surface area contributed by atoms with Crippen molar-refractivity contribution in [1.29, 1.82) is 0 Å². The van der Waals surface area contributed by atoms with Gasteiger partial charge in [-0.2, -0.15) is 0 Å². The number of nitrogens with two attached hydrogens (primary N) is 1. The number of nitrogen functional groups attached to an aromatic ring is 1. The van der Waals surface area contributed by atoms with Gasteiger partial charge in [0, 0.05) is 17.4 Å². The van der Waals surface area contributed by atoms with Crippen molar-refractivity contribution < 1.29 is 18.3 Å². The van der Waals surface area contributed by atoms with Gasteiger partial charge in [-0.25, -0.2) is 8.78 Å². The quantitative estimate of drug-likeness (QED) is 0.435. The number of nitrogens with one attached hydrogen (secondary N) is 1. The van der Waals surface area contributed by atoms with Crippen LogP contribution in [0.2, 0.25) is 5.02 Å². The summed E-state index contributed by atoms with van der Waals surface area (Å²) in [4.78, 5) is 4.25. The Morgan fingerprint density at radius 3 is 2.59 bits per heavy atom. The number of furan rings is 1. The minimum Gasteiger partial charge on any atom is -0.505 e. The van der Waals surface area contributed by atoms with Crippen LogP contribution in [0.3, 0.4) is 0 Å². The Kier molecular flexibility index (Phi) is 4.08. The molecule has 2 aromatic heterocycles. The second kappa shape index (κ2) is 6.44. The molecule has 136 valence electrons. The summed E-state index contributed by atoms with van der Waals surface area (Å²) in [5, 5.41) is 13.3. The van der Waals surface area contributed by atoms with Crippen molar-refractivity contribution in [2.75, 3.05) is 11.1 Å². The van der Waals surface area contributed by atoms with Crippen LogP contribution in [0.5, 0.6) is 5.75 Å². The number of nitrogens with zero attached hydrogens (tertiary/aromatic N) is 1. The van der Waals surface area contributed by atoms with Crippen molar-refractivity contribution in [3.63, 3.8) is 0 Å². The minimum absolute atomic E-state index is 0.0319. The average Bonchev–Trinajstić information content (AvgIpc) is 2.96. The predicted molar refractivity (Wildman–Crippen MR) is 100 cm³/mol. The number of benzene rings is 2. The standard InChI is InChI=1S/C19H12ClF2N3O2/c20-12-8-10(2-4-13(12)21)25-17-11-5-6-24-16(18(11)27-19(17)23)9-1-3-14(22)15(26)7-9/h1-8,25-26H,23H2. The fourth-order valence-electron chi connectivity index (χ4n) is 2.75. The SMILES string of the molecule is Nc1oc2c(-c3ccc(F)c(O)c3)nccc2c1Nc1ccc(F)c(Cl)c1. The van der Waals surface area contributed by atoms with Gasteiger partial charge in [-0.05, 0) is 42.5 Å². The molecule has 2 heterocycles. The molecule has 0 aliphatic heterocycles. The molecule has 0 aliphatic rings. The first-order chi connectivity index (χ1) is 12.9. The summed E-state index contributed by atoms with van der Waals surface area (Å²) >= 11 is 5.81. The molecule has 5 nitrogen and oxygen atoms in total. The fourth-order valence-corrected chi connectivity index (χ4v) is 2.94. The van der Waals surface area contributed by atoms with E-state index in [2.05, 4.69) is 10.3 Å². The van der Waals surface area contributed by atoms with Gasteiger partial charge in [-0.15, -0.1) is 0 Å². The smallest absolute Gasteiger partial charge is 0.215 e. The van der Waals surface area contributed by atoms with E-state index in [1.54, 1.807) is 6.07 Å². The van der Waals surface area contributed by atoms with Gasteiger partial charge in [0.2, 0.25) is 5.88 Å². The summed E-state index contributed by atoms with van der Waals surface area (Å²) in [5.74, 6) is -1.67. The topological polar surface area (TPSA) is 84.3 Å². The molecular weight excluding hydrogens is 376 g/mol. The molecule has 4 N–H and O–H groups in total. The summed E-state index contributed by atoms with van der Waals surface area (Å²) < 4.78 is 32.3. The maximum absolute atomic E-state index is 13.4. The molecule has 0 aliphatic carbocycles. The monoisotopic (exact) mass is 387 g/mol. The fraction of sp³-hybridized carbons (Fsp3) is 0. The maximum Gasteiger partial charge on any atom is 0.215 e. The summed E-state index contributed by atoms with van der Waals surface area (Å²) in [6.07, 6.45) is 1.54. The van der Waals surface area contributed by atoms with E-state index in [0.29, 0.717) is 33.6 Å². The third-order valence-corrected chi connectivity index (χ3v) is 4.33. The van der Waals surface area contributed by atoms with E-state index in [1.165, 1.54) is 36.5 Å². The van der Waals surface area contributed by atoms with E-state index in [1.807, 2.05) is 0 Å². The van der Waals surface area contributed by atoms with Gasteiger partial charge in [0.15, 0.2) is 17.1 Å². The summed E-state index contributed by atoms with van der Waals surface area (Å²) in [6.45, 7) is 0. The summed E-state index contributed by atoms with van der Waals surface area (Å²) in [5.41, 5.74) is 8.19. The number of rotatable bonds is 3. The molecule has 0 amide bonds. The Morgan fingerprint density at radius 1 is 1.07 bits per heavy atom. The Morgan fingerprint density at radius 2 is 1.85 bits per heavy atom. The first-order valence-electron chi connectivity index (χ1n) is 7.82. The van der Waals surface area contributed by atoms with Crippen molar-refractivity contribution >= 4 is 39.8 Å². The average molecular weight is 388 g/mol. The second-order valence-electron chi connectivity index (χ2n) is 5.80. The number of aromatic nitrogens is 1. The van der Waals surface area contributed by atoms with Crippen molar-refractivity contribution in [2.45, 2.75) is 0 Å². The molecule has 0 unspecified atom stereocenters. The van der Waals surface area contributed by atoms with E-state index in [-0.39, 0.29) is 10.9 Å². The van der Waals surface area contributed by atoms with Gasteiger partial charge in [0.25, 0.3) is 0 Å². The zero-order chi connectivity index (χ0) is 19.1. The molecule has 0 spiro atoms. The van der Waals surface area contributed by atoms with Crippen LogP contribution in [0.15, 0.2) is 53.1 Å². The molecule has 0 bridgehead atoms. The number of hydrogen-bond donors (Lipinski definition) is 3. The third-order valence-electron chi connectivity index (χ3n) is 4.04. The van der Waals surface area contributed by atoms with Gasteiger partial charge >= 0.3 is 0 Å². The Bertz CT molecular complexity index is 1180. The second-order valence-corrected chi connectivity index (χ2v) is 6.20. The third kappa shape index (κ3) is 3.02. The number of phenols is 1. The largest absolute Gasteiger partial charge is 0.505 e. The molecule has 2 aromatic carbocycles. The predicted octanol–water partition coefficient (Wildman–Crippen LogP) is 5.46. The highest BCUT2D eigenvalue weighted by atomic mass is 35.5. The first kappa shape index (κ1) is 17.1. The lowest BCUT2D eigenvalue weighted by molar-refractivity contribution is 0.432. The lowest BCUT2D eigenvalue weighted by Crippen LogP contribution is -1.94. The van der Waals surface area contributed by atoms with E-state index >= 15 is 0 Å². The Hall–Kier alpha value is -3.32. The number of pyridine rings is 1. The van der Waals surface area contributed by atoms with Crippen LogP contribution >= 0.6 is 11.6 Å². The van der Waals surface area contributed by atoms with Gasteiger partial charge < -0.3 is 20.6 Å². The number of anilines is 3. The highest BCUT2D eigenvalue weighted by Gasteiger charge is 2.18. The number of fused-ring (bicyclic) bond motifs is 1. The van der Waals surface area contributed by atoms with E-state index in [9.17, 15) is 13.9 Å². The van der Waals surface area contributed by atoms with Crippen LogP contribution < -0.4 is 11.1 Å². The van der Waals surface area contributed by atoms with Crippen LogP contribution in [0, 0.1) is 11.6 Å². The normalized spacial score (nSPS) is 11.1. The molecule has 8 heteroatoms. The molecule has 0 atom stereocenters. The Labute approximate surface area is 157 Å². The van der Waals surface area contributed by atoms with E-state index in [4.69, 9.17) is 21.8 Å². The van der Waals surface area contributed by atoms with Crippen LogP contribution in [0.4, 0.5) is 26.0 Å². The lowest BCUT2D eigenvalue weighted by Gasteiger charge is -2.06. The molecular formula is C19H12ClF2N3O2. The van der Waals surface area contributed by atoms with Gasteiger partial charge in [0.1, 0.15) is 17.2 Å². The number of phenolic OH excluding ortho intramolecular Hbond substituents is 1. The van der Waals surface area contributed by atoms with Crippen molar-refractivity contribution in [2.24, 2.45) is 0 Å². The van der Waals surface area contributed by atoms with Gasteiger partial charge in [-0.3, -0.25) is 4.98 Å². The van der Waals surface area contributed by atoms with E-state index in [0.717, 1.165) is 6.07 Å². The van der Waals surface area contributed by atoms with Crippen LogP contribution in [0.1, 0.15) is 0 Å². The lowest BCUT2D eigenvalue weighted by atomic mass is 10.1. The highest BCUT2D eigenvalue weighted by molar-refractivity contribution is 6.31. The summed E-state index contributed by atoms with van der Waals surface area (Å²) in [7, 11) is 0. The van der Waals surface area contributed by atoms with Crippen molar-refractivity contribution in [3.8, 4) is 17.0 Å². The summed E-state index contributed by atoms with van der Waals surface area (Å²) in [6, 6.07) is 9.73. The highest BCUT2D eigenvalue weighted by Crippen LogP contribution is 2.40. The molecule has 0 radical (unpaired) electrons. The molecule has 0 fully saturated rings. The number of aromatic hydroxyl groups is 1. The first-order valence-corrected chi connectivity index (χ1v) is 8.20. The van der Waals surface area contributed by atoms with Crippen LogP contribution in [-0.2, 0) is 0 Å². The zero-order valence-corrected chi connectivity index (χ0v) is 14.4. The molecule has 0 saturated carbocycles. The van der Waals surface area contributed by atoms with Crippen LogP contribution in [0.25, 0.3) is 22.2 Å². The molecule has 4 rings (SSSR count). The van der Waals surface area contributed by atoms with Crippen LogP contribution in [-0.4, -0.2) is 10.1 Å². The zero-order valence-electron chi connectivity index (χ0n) is 13.6. The van der Waals surface area contributed by atoms with Gasteiger partial charge in [-0.1, -0.05) is 11.6 Å². The van der Waals surface area contributed by atoms with Crippen molar-refractivity contribution in [1.82, 2.24) is 4.98 Å². The van der Waals surface area contributed by atoms with E-state index < -0.39 is 17.4 Å². The minimum atomic E-state index is -0.736. The molecule has 4 aromatic rings. The van der Waals surface area contributed by atoms with Gasteiger partial charge in [0.05, 0.1) is 10.4 Å².